The monoisotopic (exact) mass is 658 g/mol. The van der Waals surface area contributed by atoms with Crippen LogP contribution in [0.1, 0.15) is 27.8 Å². The first-order valence-electron chi connectivity index (χ1n) is 15.4. The lowest BCUT2D eigenvalue weighted by Crippen LogP contribution is -2.57. The Morgan fingerprint density at radius 3 is 1.55 bits per heavy atom. The number of benzene rings is 5. The van der Waals surface area contributed by atoms with Gasteiger partial charge in [0.05, 0.1) is 11.8 Å². The summed E-state index contributed by atoms with van der Waals surface area (Å²) in [5, 5.41) is 2.94. The van der Waals surface area contributed by atoms with Crippen LogP contribution >= 0.6 is 23.2 Å². The lowest BCUT2D eigenvalue weighted by atomic mass is 9.54. The number of hydrogen-bond acceptors (Lipinski definition) is 4. The van der Waals surface area contributed by atoms with Gasteiger partial charge in [-0.1, -0.05) is 97.1 Å². The van der Waals surface area contributed by atoms with Gasteiger partial charge in [-0.2, -0.15) is 0 Å². The molecule has 9 rings (SSSR count). The van der Waals surface area contributed by atoms with E-state index in [1.807, 2.05) is 109 Å². The van der Waals surface area contributed by atoms with Crippen molar-refractivity contribution in [2.24, 2.45) is 11.8 Å². The van der Waals surface area contributed by atoms with Crippen LogP contribution in [-0.4, -0.2) is 28.7 Å². The highest BCUT2D eigenvalue weighted by atomic mass is 35.5. The highest BCUT2D eigenvalue weighted by molar-refractivity contribution is 6.36. The third kappa shape index (κ3) is 4.43. The van der Waals surface area contributed by atoms with Gasteiger partial charge in [-0.05, 0) is 64.2 Å². The van der Waals surface area contributed by atoms with E-state index in [9.17, 15) is 14.4 Å². The average Bonchev–Trinajstić information content (AvgIpc) is 3.38. The van der Waals surface area contributed by atoms with Gasteiger partial charge in [-0.15, -0.1) is 23.2 Å². The van der Waals surface area contributed by atoms with E-state index in [0.29, 0.717) is 39.4 Å². The summed E-state index contributed by atoms with van der Waals surface area (Å²) in [6.45, 7) is 0. The standard InChI is InChI=1S/C39H28Cl2N2O4/c40-38-28-15-7-8-16-29(28)39(41,31-18-10-9-17-30(31)38)34-33(38)36(45)43(37(34)46)32(23-24-11-3-1-4-12-24)35(44)42-25-19-21-27(22-20-25)47-26-13-5-2-6-14-26/h1-22,32-34H,23H2,(H,42,44)/t32-,33-,34+,38?,39?/m1/s1. The molecule has 1 aliphatic heterocycles. The number of imide groups is 1. The summed E-state index contributed by atoms with van der Waals surface area (Å²) in [5.41, 5.74) is 4.13. The maximum Gasteiger partial charge on any atom is 0.248 e. The van der Waals surface area contributed by atoms with Crippen LogP contribution in [0, 0.1) is 11.8 Å². The molecule has 0 aromatic heterocycles. The second kappa shape index (κ2) is 11.1. The van der Waals surface area contributed by atoms with E-state index in [1.165, 1.54) is 0 Å². The molecule has 5 aromatic carbocycles. The maximum atomic E-state index is 14.7. The molecule has 1 heterocycles. The molecule has 3 aliphatic carbocycles. The number of nitrogens with one attached hydrogen (secondary N) is 1. The quantitative estimate of drug-likeness (QED) is 0.144. The number of para-hydroxylation sites is 1. The molecule has 0 spiro atoms. The zero-order chi connectivity index (χ0) is 32.3. The molecule has 4 aliphatic rings. The molecule has 3 atom stereocenters. The fraction of sp³-hybridized carbons (Fsp3) is 0.154. The van der Waals surface area contributed by atoms with E-state index in [-0.39, 0.29) is 6.42 Å². The normalized spacial score (nSPS) is 24.3. The fourth-order valence-electron chi connectivity index (χ4n) is 7.59. The molecule has 6 nitrogen and oxygen atoms in total. The number of anilines is 1. The molecule has 0 unspecified atom stereocenters. The smallest absolute Gasteiger partial charge is 0.248 e. The zero-order valence-electron chi connectivity index (χ0n) is 25.0. The number of hydrogen-bond donors (Lipinski definition) is 1. The van der Waals surface area contributed by atoms with Gasteiger partial charge in [0, 0.05) is 12.1 Å². The van der Waals surface area contributed by atoms with Crippen molar-refractivity contribution in [1.82, 2.24) is 4.90 Å². The first-order valence-corrected chi connectivity index (χ1v) is 16.2. The van der Waals surface area contributed by atoms with Crippen LogP contribution in [0.5, 0.6) is 11.5 Å². The third-order valence-corrected chi connectivity index (χ3v) is 10.9. The van der Waals surface area contributed by atoms with Crippen molar-refractivity contribution in [2.45, 2.75) is 22.2 Å². The number of rotatable bonds is 7. The highest BCUT2D eigenvalue weighted by Crippen LogP contribution is 2.69. The van der Waals surface area contributed by atoms with Gasteiger partial charge in [0.2, 0.25) is 17.7 Å². The molecule has 5 aromatic rings. The molecule has 2 bridgehead atoms. The van der Waals surface area contributed by atoms with Gasteiger partial charge in [0.1, 0.15) is 27.3 Å². The summed E-state index contributed by atoms with van der Waals surface area (Å²) in [6.07, 6.45) is 0.114. The molecule has 1 saturated heterocycles. The Kier molecular flexibility index (Phi) is 6.97. The van der Waals surface area contributed by atoms with Crippen molar-refractivity contribution in [2.75, 3.05) is 5.32 Å². The van der Waals surface area contributed by atoms with Crippen LogP contribution in [0.25, 0.3) is 0 Å². The Hall–Kier alpha value is -4.91. The van der Waals surface area contributed by atoms with Crippen LogP contribution in [0.2, 0.25) is 0 Å². The summed E-state index contributed by atoms with van der Waals surface area (Å²) in [6, 6.07) is 39.5. The van der Waals surface area contributed by atoms with Gasteiger partial charge in [0.15, 0.2) is 0 Å². The summed E-state index contributed by atoms with van der Waals surface area (Å²) < 4.78 is 5.89. The molecule has 1 fully saturated rings. The number of carbonyl (C=O) groups is 3. The van der Waals surface area contributed by atoms with Crippen molar-refractivity contribution in [1.29, 1.82) is 0 Å². The zero-order valence-corrected chi connectivity index (χ0v) is 26.5. The van der Waals surface area contributed by atoms with Gasteiger partial charge >= 0.3 is 0 Å². The number of nitrogens with zero attached hydrogens (tertiary/aromatic N) is 1. The summed E-state index contributed by atoms with van der Waals surface area (Å²) in [7, 11) is 0. The first kappa shape index (κ1) is 29.5. The fourth-order valence-corrected chi connectivity index (χ4v) is 8.69. The SMILES string of the molecule is O=C(Nc1ccc(Oc2ccccc2)cc1)[C@@H](Cc1ccccc1)N1C(=O)[C@@H]2[C@H](C1=O)C1(Cl)c3ccccc3C2(Cl)c2ccccc21. The van der Waals surface area contributed by atoms with Gasteiger partial charge in [0.25, 0.3) is 0 Å². The Balaban J connectivity index is 1.16. The van der Waals surface area contributed by atoms with Crippen molar-refractivity contribution in [3.05, 3.63) is 161 Å². The van der Waals surface area contributed by atoms with Gasteiger partial charge < -0.3 is 10.1 Å². The number of halogens is 2. The minimum absolute atomic E-state index is 0.114. The molecule has 1 N–H and O–H groups in total. The number of ether oxygens (including phenoxy) is 1. The lowest BCUT2D eigenvalue weighted by Gasteiger charge is -2.54. The van der Waals surface area contributed by atoms with E-state index in [0.717, 1.165) is 10.5 Å². The molecule has 3 amide bonds. The molecule has 0 saturated carbocycles. The first-order chi connectivity index (χ1) is 22.8. The average molecular weight is 660 g/mol. The van der Waals surface area contributed by atoms with Crippen molar-refractivity contribution < 1.29 is 19.1 Å². The molecular formula is C39H28Cl2N2O4. The van der Waals surface area contributed by atoms with Gasteiger partial charge in [-0.3, -0.25) is 19.3 Å². The van der Waals surface area contributed by atoms with Crippen molar-refractivity contribution in [3.63, 3.8) is 0 Å². The lowest BCUT2D eigenvalue weighted by molar-refractivity contribution is -0.146. The van der Waals surface area contributed by atoms with Crippen LogP contribution in [0.15, 0.2) is 133 Å². The van der Waals surface area contributed by atoms with E-state index >= 15 is 0 Å². The second-order valence-corrected chi connectivity index (χ2v) is 13.3. The number of amides is 3. The topological polar surface area (TPSA) is 75.7 Å². The van der Waals surface area contributed by atoms with Crippen molar-refractivity contribution >= 4 is 46.6 Å². The van der Waals surface area contributed by atoms with Crippen LogP contribution in [0.3, 0.4) is 0 Å². The highest BCUT2D eigenvalue weighted by Gasteiger charge is 2.73. The second-order valence-electron chi connectivity index (χ2n) is 12.2. The van der Waals surface area contributed by atoms with E-state index in [2.05, 4.69) is 5.32 Å². The van der Waals surface area contributed by atoms with Gasteiger partial charge in [-0.25, -0.2) is 0 Å². The Morgan fingerprint density at radius 1 is 0.638 bits per heavy atom. The van der Waals surface area contributed by atoms with Crippen LogP contribution in [-0.2, 0) is 30.6 Å². The molecule has 0 radical (unpaired) electrons. The molecule has 8 heteroatoms. The molecule has 47 heavy (non-hydrogen) atoms. The van der Waals surface area contributed by atoms with E-state index in [1.54, 1.807) is 24.3 Å². The number of alkyl halides is 2. The summed E-state index contributed by atoms with van der Waals surface area (Å²) in [5.74, 6) is -2.23. The Morgan fingerprint density at radius 2 is 1.06 bits per heavy atom. The Labute approximate surface area is 281 Å². The largest absolute Gasteiger partial charge is 0.457 e. The predicted octanol–water partition coefficient (Wildman–Crippen LogP) is 7.62. The van der Waals surface area contributed by atoms with E-state index < -0.39 is 45.3 Å². The van der Waals surface area contributed by atoms with Crippen molar-refractivity contribution in [3.8, 4) is 11.5 Å². The predicted molar refractivity (Wildman–Crippen MR) is 181 cm³/mol. The number of carbonyl (C=O) groups excluding carboxylic acids is 3. The minimum atomic E-state index is -1.33. The number of likely N-dealkylation sites (tertiary alicyclic amines) is 1. The van der Waals surface area contributed by atoms with Crippen LogP contribution in [0.4, 0.5) is 5.69 Å². The summed E-state index contributed by atoms with van der Waals surface area (Å²) >= 11 is 15.2. The third-order valence-electron chi connectivity index (χ3n) is 9.61. The minimum Gasteiger partial charge on any atom is -0.457 e. The molecule has 232 valence electrons. The summed E-state index contributed by atoms with van der Waals surface area (Å²) in [4.78, 5) is 42.0. The van der Waals surface area contributed by atoms with E-state index in [4.69, 9.17) is 27.9 Å². The molecular weight excluding hydrogens is 631 g/mol. The van der Waals surface area contributed by atoms with Crippen LogP contribution < -0.4 is 10.1 Å². The maximum absolute atomic E-state index is 14.7. The Bertz CT molecular complexity index is 1910.